The van der Waals surface area contributed by atoms with E-state index in [4.69, 9.17) is 4.98 Å². The normalized spacial score (nSPS) is 13.8. The minimum Gasteiger partial charge on any atom is -0.277 e. The largest absolute Gasteiger partial charge is 0.277 e. The smallest absolute Gasteiger partial charge is 0.182 e. The maximum Gasteiger partial charge on any atom is 0.182 e. The summed E-state index contributed by atoms with van der Waals surface area (Å²) in [5.74, 6) is 2.67. The van der Waals surface area contributed by atoms with Gasteiger partial charge < -0.3 is 0 Å². The quantitative estimate of drug-likeness (QED) is 0.532. The lowest BCUT2D eigenvalue weighted by Crippen LogP contribution is -2.01. The number of halogens is 1. The molecule has 7 heteroatoms. The highest BCUT2D eigenvalue weighted by atomic mass is 35.5. The molecule has 0 spiro atoms. The number of nitrogens with zero attached hydrogens (tertiary/aromatic N) is 5. The van der Waals surface area contributed by atoms with E-state index >= 15 is 0 Å². The van der Waals surface area contributed by atoms with E-state index in [0.29, 0.717) is 17.7 Å². The summed E-state index contributed by atoms with van der Waals surface area (Å²) < 4.78 is 1.81. The number of hydrogen-bond acceptors (Lipinski definition) is 4. The van der Waals surface area contributed by atoms with Gasteiger partial charge in [0.15, 0.2) is 11.6 Å². The third-order valence-corrected chi connectivity index (χ3v) is 5.00. The van der Waals surface area contributed by atoms with Gasteiger partial charge in [-0.1, -0.05) is 19.9 Å². The fourth-order valence-corrected chi connectivity index (χ4v) is 3.53. The lowest BCUT2D eigenvalue weighted by Gasteiger charge is -2.03. The van der Waals surface area contributed by atoms with Crippen LogP contribution in [0.3, 0.4) is 0 Å². The van der Waals surface area contributed by atoms with Crippen LogP contribution in [0, 0.1) is 5.92 Å². The standard InChI is InChI=1S/C21H22N6.ClH/c1-13(2)9-14-11-23-27(12-14)19-7-8-22-21(24-19)20-17-10-16(15-3-4-15)5-6-18(17)25-26-20;/h5-8,10-13,15H,3-4,9H2,1-2H3,(H,25,26);1H. The summed E-state index contributed by atoms with van der Waals surface area (Å²) >= 11 is 0. The monoisotopic (exact) mass is 394 g/mol. The number of benzene rings is 1. The molecular weight excluding hydrogens is 372 g/mol. The summed E-state index contributed by atoms with van der Waals surface area (Å²) in [7, 11) is 0. The van der Waals surface area contributed by atoms with Crippen molar-refractivity contribution in [3.63, 3.8) is 0 Å². The molecule has 0 saturated heterocycles. The van der Waals surface area contributed by atoms with Crippen LogP contribution in [0.15, 0.2) is 42.9 Å². The Bertz CT molecular complexity index is 1110. The molecule has 1 saturated carbocycles. The summed E-state index contributed by atoms with van der Waals surface area (Å²) in [5.41, 5.74) is 4.40. The number of aromatic amines is 1. The molecule has 1 fully saturated rings. The van der Waals surface area contributed by atoms with Gasteiger partial charge in [-0.2, -0.15) is 10.2 Å². The van der Waals surface area contributed by atoms with Crippen molar-refractivity contribution in [3.05, 3.63) is 54.0 Å². The van der Waals surface area contributed by atoms with E-state index in [0.717, 1.165) is 28.8 Å². The number of fused-ring (bicyclic) bond motifs is 1. The fraction of sp³-hybridized carbons (Fsp3) is 0.333. The maximum absolute atomic E-state index is 4.73. The van der Waals surface area contributed by atoms with Gasteiger partial charge in [0.25, 0.3) is 0 Å². The molecule has 1 N–H and O–H groups in total. The highest BCUT2D eigenvalue weighted by molar-refractivity contribution is 5.91. The third kappa shape index (κ3) is 3.52. The van der Waals surface area contributed by atoms with E-state index in [1.165, 1.54) is 24.0 Å². The van der Waals surface area contributed by atoms with Gasteiger partial charge in [-0.3, -0.25) is 5.10 Å². The number of hydrogen-bond donors (Lipinski definition) is 1. The first kappa shape index (κ1) is 18.6. The highest BCUT2D eigenvalue weighted by Gasteiger charge is 2.24. The van der Waals surface area contributed by atoms with Crippen molar-refractivity contribution in [1.29, 1.82) is 0 Å². The zero-order valence-electron chi connectivity index (χ0n) is 16.0. The van der Waals surface area contributed by atoms with Crippen molar-refractivity contribution in [2.24, 2.45) is 5.92 Å². The molecule has 1 aliphatic rings. The Kier molecular flexibility index (Phi) is 4.89. The zero-order valence-corrected chi connectivity index (χ0v) is 16.8. The molecule has 4 aromatic rings. The number of aromatic nitrogens is 6. The maximum atomic E-state index is 4.73. The second-order valence-electron chi connectivity index (χ2n) is 7.78. The van der Waals surface area contributed by atoms with Gasteiger partial charge in [0.1, 0.15) is 5.69 Å². The van der Waals surface area contributed by atoms with Crippen LogP contribution in [0.25, 0.3) is 28.2 Å². The Balaban J connectivity index is 0.00000192. The van der Waals surface area contributed by atoms with Crippen molar-refractivity contribution < 1.29 is 0 Å². The van der Waals surface area contributed by atoms with Gasteiger partial charge in [-0.15, -0.1) is 12.4 Å². The van der Waals surface area contributed by atoms with Gasteiger partial charge >= 0.3 is 0 Å². The second-order valence-corrected chi connectivity index (χ2v) is 7.78. The van der Waals surface area contributed by atoms with E-state index in [2.05, 4.69) is 52.3 Å². The lowest BCUT2D eigenvalue weighted by atomic mass is 10.1. The summed E-state index contributed by atoms with van der Waals surface area (Å²) in [5, 5.41) is 13.1. The Hall–Kier alpha value is -2.73. The molecule has 0 atom stereocenters. The third-order valence-electron chi connectivity index (χ3n) is 5.00. The molecule has 1 aromatic carbocycles. The molecule has 144 valence electrons. The topological polar surface area (TPSA) is 72.3 Å². The fourth-order valence-electron chi connectivity index (χ4n) is 3.53. The van der Waals surface area contributed by atoms with Gasteiger partial charge in [-0.25, -0.2) is 14.6 Å². The molecule has 1 aliphatic carbocycles. The summed E-state index contributed by atoms with van der Waals surface area (Å²) in [6, 6.07) is 8.41. The summed E-state index contributed by atoms with van der Waals surface area (Å²) in [6.07, 6.45) is 9.29. The van der Waals surface area contributed by atoms with E-state index < -0.39 is 0 Å². The van der Waals surface area contributed by atoms with E-state index in [-0.39, 0.29) is 12.4 Å². The molecule has 5 rings (SSSR count). The first-order chi connectivity index (χ1) is 13.2. The molecule has 0 unspecified atom stereocenters. The van der Waals surface area contributed by atoms with Crippen LogP contribution in [0.1, 0.15) is 43.7 Å². The van der Waals surface area contributed by atoms with Crippen molar-refractivity contribution in [2.75, 3.05) is 0 Å². The van der Waals surface area contributed by atoms with Crippen LogP contribution < -0.4 is 0 Å². The minimum atomic E-state index is 0. The molecule has 3 heterocycles. The van der Waals surface area contributed by atoms with Crippen LogP contribution >= 0.6 is 12.4 Å². The zero-order chi connectivity index (χ0) is 18.4. The van der Waals surface area contributed by atoms with E-state index in [9.17, 15) is 0 Å². The number of nitrogens with one attached hydrogen (secondary N) is 1. The highest BCUT2D eigenvalue weighted by Crippen LogP contribution is 2.41. The molecule has 0 aliphatic heterocycles. The Labute approximate surface area is 169 Å². The summed E-state index contributed by atoms with van der Waals surface area (Å²) in [4.78, 5) is 9.19. The van der Waals surface area contributed by atoms with Crippen molar-refractivity contribution >= 4 is 23.3 Å². The van der Waals surface area contributed by atoms with Crippen LogP contribution in [-0.4, -0.2) is 29.9 Å². The predicted molar refractivity (Wildman–Crippen MR) is 112 cm³/mol. The Morgan fingerprint density at radius 1 is 1.21 bits per heavy atom. The van der Waals surface area contributed by atoms with Crippen molar-refractivity contribution in [2.45, 2.75) is 39.0 Å². The van der Waals surface area contributed by atoms with Crippen LogP contribution in [0.5, 0.6) is 0 Å². The second kappa shape index (κ2) is 7.36. The first-order valence-electron chi connectivity index (χ1n) is 9.53. The molecule has 0 bridgehead atoms. The predicted octanol–water partition coefficient (Wildman–Crippen LogP) is 4.70. The van der Waals surface area contributed by atoms with Crippen LogP contribution in [0.4, 0.5) is 0 Å². The first-order valence-corrected chi connectivity index (χ1v) is 9.53. The number of rotatable bonds is 5. The van der Waals surface area contributed by atoms with Crippen LogP contribution in [-0.2, 0) is 6.42 Å². The molecular formula is C21H23ClN6. The lowest BCUT2D eigenvalue weighted by molar-refractivity contribution is 0.647. The van der Waals surface area contributed by atoms with Gasteiger partial charge in [0, 0.05) is 23.8 Å². The minimum absolute atomic E-state index is 0. The molecule has 0 radical (unpaired) electrons. The Morgan fingerprint density at radius 3 is 2.86 bits per heavy atom. The van der Waals surface area contributed by atoms with Crippen molar-refractivity contribution in [1.82, 2.24) is 29.9 Å². The molecule has 3 aromatic heterocycles. The van der Waals surface area contributed by atoms with E-state index in [1.807, 2.05) is 23.1 Å². The van der Waals surface area contributed by atoms with E-state index in [1.54, 1.807) is 6.20 Å². The van der Waals surface area contributed by atoms with Crippen LogP contribution in [0.2, 0.25) is 0 Å². The van der Waals surface area contributed by atoms with Crippen molar-refractivity contribution in [3.8, 4) is 17.3 Å². The molecule has 6 nitrogen and oxygen atoms in total. The number of H-pyrrole nitrogens is 1. The van der Waals surface area contributed by atoms with Gasteiger partial charge in [-0.05, 0) is 54.4 Å². The summed E-state index contributed by atoms with van der Waals surface area (Å²) in [6.45, 7) is 4.41. The Morgan fingerprint density at radius 2 is 2.07 bits per heavy atom. The van der Waals surface area contributed by atoms with Gasteiger partial charge in [0.2, 0.25) is 0 Å². The van der Waals surface area contributed by atoms with Gasteiger partial charge in [0.05, 0.1) is 11.7 Å². The molecule has 0 amide bonds. The SMILES string of the molecule is CC(C)Cc1cnn(-c2ccnc(-c3n[nH]c4ccc(C5CC5)cc34)n2)c1.Cl. The average Bonchev–Trinajstić information content (AvgIpc) is 3.27. The average molecular weight is 395 g/mol. The molecule has 28 heavy (non-hydrogen) atoms.